The second-order valence-electron chi connectivity index (χ2n) is 7.53. The lowest BCUT2D eigenvalue weighted by atomic mass is 10.2. The minimum absolute atomic E-state index is 0.0439. The molecule has 0 atom stereocenters. The van der Waals surface area contributed by atoms with Crippen LogP contribution in [0.5, 0.6) is 11.5 Å². The van der Waals surface area contributed by atoms with Gasteiger partial charge in [0.05, 0.1) is 7.11 Å². The number of aromatic nitrogens is 1. The van der Waals surface area contributed by atoms with Gasteiger partial charge in [-0.05, 0) is 48.0 Å². The number of rotatable bonds is 7. The molecular weight excluding hydrogens is 456 g/mol. The summed E-state index contributed by atoms with van der Waals surface area (Å²) in [5.41, 5.74) is 1.16. The lowest BCUT2D eigenvalue weighted by Crippen LogP contribution is -2.50. The largest absolute Gasteiger partial charge is 0.497 e. The third-order valence-corrected chi connectivity index (χ3v) is 5.61. The molecule has 1 aromatic heterocycles. The number of nitrogens with zero attached hydrogens (tertiary/aromatic N) is 4. The molecule has 1 aliphatic rings. The lowest BCUT2D eigenvalue weighted by Gasteiger charge is -2.34. The van der Waals surface area contributed by atoms with E-state index in [9.17, 15) is 10.1 Å². The number of hydrogen-bond donors (Lipinski definition) is 0. The average molecular weight is 479 g/mol. The molecule has 0 bridgehead atoms. The maximum Gasteiger partial charge on any atom is 0.260 e. The first-order valence-electron chi connectivity index (χ1n) is 10.7. The molecule has 1 amide bonds. The highest BCUT2D eigenvalue weighted by molar-refractivity contribution is 6.30. The van der Waals surface area contributed by atoms with Gasteiger partial charge in [0.2, 0.25) is 17.5 Å². The van der Waals surface area contributed by atoms with Gasteiger partial charge in [-0.1, -0.05) is 23.7 Å². The minimum atomic E-state index is -0.0971. The van der Waals surface area contributed by atoms with E-state index in [2.05, 4.69) is 11.1 Å². The first-order chi connectivity index (χ1) is 16.6. The van der Waals surface area contributed by atoms with Gasteiger partial charge in [0, 0.05) is 37.3 Å². The van der Waals surface area contributed by atoms with Gasteiger partial charge < -0.3 is 23.7 Å². The molecule has 0 radical (unpaired) electrons. The van der Waals surface area contributed by atoms with E-state index in [1.165, 1.54) is 0 Å². The number of halogens is 1. The number of piperazine rings is 1. The van der Waals surface area contributed by atoms with Crippen LogP contribution in [0, 0.1) is 11.3 Å². The van der Waals surface area contributed by atoms with Crippen LogP contribution in [-0.4, -0.2) is 55.7 Å². The fraction of sp³-hybridized carbons (Fsp3) is 0.240. The number of amides is 1. The Hall–Kier alpha value is -3.96. The Kier molecular flexibility index (Phi) is 7.35. The van der Waals surface area contributed by atoms with Crippen LogP contribution < -0.4 is 14.4 Å². The number of hydrogen-bond acceptors (Lipinski definition) is 7. The SMILES string of the molecule is COc1ccc(OCC(=O)N2CCN(c3oc(/C=C/c4ccc(Cl)cc4)nc3C#N)CC2)cc1. The standard InChI is InChI=1S/C25H23ClN4O4/c1-32-20-7-9-21(10-8-20)33-17-24(31)29-12-14-30(15-13-29)25-22(16-27)28-23(34-25)11-4-18-2-5-19(26)6-3-18/h2-11H,12-15,17H2,1H3/b11-4+. The normalized spacial score (nSPS) is 13.7. The van der Waals surface area contributed by atoms with Crippen LogP contribution in [0.2, 0.25) is 5.02 Å². The van der Waals surface area contributed by atoms with E-state index < -0.39 is 0 Å². The van der Waals surface area contributed by atoms with Crippen molar-refractivity contribution < 1.29 is 18.7 Å². The summed E-state index contributed by atoms with van der Waals surface area (Å²) in [6.45, 7) is 1.99. The Balaban J connectivity index is 1.32. The Morgan fingerprint density at radius 1 is 1.09 bits per heavy atom. The van der Waals surface area contributed by atoms with Crippen LogP contribution >= 0.6 is 11.6 Å². The summed E-state index contributed by atoms with van der Waals surface area (Å²) in [6, 6.07) is 16.5. The van der Waals surface area contributed by atoms with Crippen molar-refractivity contribution in [2.45, 2.75) is 0 Å². The summed E-state index contributed by atoms with van der Waals surface area (Å²) in [7, 11) is 1.59. The van der Waals surface area contributed by atoms with E-state index in [0.717, 1.165) is 11.3 Å². The summed E-state index contributed by atoms with van der Waals surface area (Å²) in [6.07, 6.45) is 3.55. The van der Waals surface area contributed by atoms with E-state index in [0.29, 0.717) is 48.7 Å². The Morgan fingerprint density at radius 3 is 2.41 bits per heavy atom. The molecule has 2 heterocycles. The Bertz CT molecular complexity index is 1190. The van der Waals surface area contributed by atoms with Gasteiger partial charge in [0.25, 0.3) is 5.91 Å². The van der Waals surface area contributed by atoms with Crippen LogP contribution in [0.3, 0.4) is 0 Å². The van der Waals surface area contributed by atoms with E-state index in [1.807, 2.05) is 23.1 Å². The van der Waals surface area contributed by atoms with E-state index in [-0.39, 0.29) is 18.2 Å². The van der Waals surface area contributed by atoms with Gasteiger partial charge in [-0.25, -0.2) is 0 Å². The molecular formula is C25H23ClN4O4. The fourth-order valence-electron chi connectivity index (χ4n) is 3.50. The summed E-state index contributed by atoms with van der Waals surface area (Å²) >= 11 is 5.91. The van der Waals surface area contributed by atoms with Crippen LogP contribution in [0.4, 0.5) is 5.88 Å². The number of anilines is 1. The van der Waals surface area contributed by atoms with Gasteiger partial charge in [-0.2, -0.15) is 10.2 Å². The zero-order chi connectivity index (χ0) is 23.9. The van der Waals surface area contributed by atoms with Crippen molar-refractivity contribution in [3.63, 3.8) is 0 Å². The van der Waals surface area contributed by atoms with Gasteiger partial charge in [0.15, 0.2) is 6.61 Å². The molecule has 9 heteroatoms. The molecule has 0 spiro atoms. The summed E-state index contributed by atoms with van der Waals surface area (Å²) < 4.78 is 16.6. The zero-order valence-electron chi connectivity index (χ0n) is 18.6. The van der Waals surface area contributed by atoms with Gasteiger partial charge >= 0.3 is 0 Å². The fourth-order valence-corrected chi connectivity index (χ4v) is 3.62. The molecule has 1 aliphatic heterocycles. The van der Waals surface area contributed by atoms with Crippen molar-refractivity contribution in [3.05, 3.63) is 70.7 Å². The molecule has 1 saturated heterocycles. The van der Waals surface area contributed by atoms with Crippen molar-refractivity contribution in [2.75, 3.05) is 44.8 Å². The Morgan fingerprint density at radius 2 is 1.76 bits per heavy atom. The lowest BCUT2D eigenvalue weighted by molar-refractivity contribution is -0.133. The van der Waals surface area contributed by atoms with E-state index in [1.54, 1.807) is 54.5 Å². The molecule has 0 unspecified atom stereocenters. The van der Waals surface area contributed by atoms with Crippen molar-refractivity contribution >= 4 is 35.5 Å². The number of methoxy groups -OCH3 is 1. The number of oxazole rings is 1. The zero-order valence-corrected chi connectivity index (χ0v) is 19.4. The van der Waals surface area contributed by atoms with Gasteiger partial charge in [0.1, 0.15) is 17.6 Å². The van der Waals surface area contributed by atoms with Gasteiger partial charge in [-0.3, -0.25) is 4.79 Å². The predicted molar refractivity (Wildman–Crippen MR) is 129 cm³/mol. The molecule has 34 heavy (non-hydrogen) atoms. The summed E-state index contributed by atoms with van der Waals surface area (Å²) in [4.78, 5) is 20.5. The highest BCUT2D eigenvalue weighted by Gasteiger charge is 2.26. The number of nitriles is 1. The molecule has 0 N–H and O–H groups in total. The average Bonchev–Trinajstić information content (AvgIpc) is 3.30. The molecule has 174 valence electrons. The molecule has 0 aliphatic carbocycles. The summed E-state index contributed by atoms with van der Waals surface area (Å²) in [5.74, 6) is 1.99. The molecule has 2 aromatic carbocycles. The quantitative estimate of drug-likeness (QED) is 0.504. The third-order valence-electron chi connectivity index (χ3n) is 5.36. The van der Waals surface area contributed by atoms with E-state index >= 15 is 0 Å². The third kappa shape index (κ3) is 5.69. The van der Waals surface area contributed by atoms with Crippen molar-refractivity contribution in [2.24, 2.45) is 0 Å². The molecule has 8 nitrogen and oxygen atoms in total. The molecule has 3 aromatic rings. The van der Waals surface area contributed by atoms with Crippen molar-refractivity contribution in [1.82, 2.24) is 9.88 Å². The summed E-state index contributed by atoms with van der Waals surface area (Å²) in [5, 5.41) is 10.2. The first-order valence-corrected chi connectivity index (χ1v) is 11.1. The predicted octanol–water partition coefficient (Wildman–Crippen LogP) is 4.11. The second-order valence-corrected chi connectivity index (χ2v) is 7.97. The maximum atomic E-state index is 12.6. The molecule has 0 saturated carbocycles. The van der Waals surface area contributed by atoms with Crippen LogP contribution in [0.1, 0.15) is 17.1 Å². The minimum Gasteiger partial charge on any atom is -0.497 e. The van der Waals surface area contributed by atoms with E-state index in [4.69, 9.17) is 25.5 Å². The van der Waals surface area contributed by atoms with Crippen LogP contribution in [0.25, 0.3) is 12.2 Å². The number of ether oxygens (including phenoxy) is 2. The maximum absolute atomic E-state index is 12.6. The van der Waals surface area contributed by atoms with Crippen LogP contribution in [-0.2, 0) is 4.79 Å². The number of carbonyl (C=O) groups excluding carboxylic acids is 1. The highest BCUT2D eigenvalue weighted by Crippen LogP contribution is 2.24. The molecule has 1 fully saturated rings. The number of benzene rings is 2. The molecule has 4 rings (SSSR count). The Labute approximate surface area is 202 Å². The first kappa shape index (κ1) is 23.2. The van der Waals surface area contributed by atoms with Crippen molar-refractivity contribution in [3.8, 4) is 17.6 Å². The topological polar surface area (TPSA) is 91.8 Å². The second kappa shape index (κ2) is 10.8. The smallest absolute Gasteiger partial charge is 0.260 e. The van der Waals surface area contributed by atoms with Gasteiger partial charge in [-0.15, -0.1) is 0 Å². The van der Waals surface area contributed by atoms with Crippen molar-refractivity contribution in [1.29, 1.82) is 5.26 Å². The highest BCUT2D eigenvalue weighted by atomic mass is 35.5. The van der Waals surface area contributed by atoms with Crippen LogP contribution in [0.15, 0.2) is 52.9 Å². The number of carbonyl (C=O) groups is 1. The monoisotopic (exact) mass is 478 g/mol.